The second kappa shape index (κ2) is 12.9. The Morgan fingerprint density at radius 1 is 1.17 bits per heavy atom. The smallest absolute Gasteiger partial charge is 0.252 e. The van der Waals surface area contributed by atoms with Crippen LogP contribution in [0.4, 0.5) is 4.39 Å². The molecule has 3 rings (SSSR count). The lowest BCUT2D eigenvalue weighted by Gasteiger charge is -2.22. The molecule has 1 fully saturated rings. The van der Waals surface area contributed by atoms with E-state index < -0.39 is 5.60 Å². The second-order valence-corrected chi connectivity index (χ2v) is 7.12. The van der Waals surface area contributed by atoms with Crippen LogP contribution in [-0.4, -0.2) is 33.7 Å². The first-order valence-electron chi connectivity index (χ1n) is 10.2. The first-order valence-corrected chi connectivity index (χ1v) is 10.2. The number of benzene rings is 1. The molecule has 5 heteroatoms. The van der Waals surface area contributed by atoms with E-state index in [2.05, 4.69) is 15.8 Å². The van der Waals surface area contributed by atoms with Crippen LogP contribution in [0.3, 0.4) is 0 Å². The van der Waals surface area contributed by atoms with Gasteiger partial charge in [-0.2, -0.15) is 0 Å². The van der Waals surface area contributed by atoms with Crippen molar-refractivity contribution in [2.45, 2.75) is 58.6 Å². The zero-order valence-electron chi connectivity index (χ0n) is 17.7. The van der Waals surface area contributed by atoms with Crippen LogP contribution in [0.1, 0.15) is 51.2 Å². The Balaban J connectivity index is 0.000000299. The van der Waals surface area contributed by atoms with E-state index in [9.17, 15) is 14.3 Å². The number of halogens is 1. The van der Waals surface area contributed by atoms with Crippen LogP contribution in [-0.2, 0) is 13.0 Å². The van der Waals surface area contributed by atoms with Gasteiger partial charge in [-0.3, -0.25) is 9.69 Å². The van der Waals surface area contributed by atoms with Gasteiger partial charge in [0.25, 0.3) is 5.56 Å². The van der Waals surface area contributed by atoms with Crippen LogP contribution in [0.15, 0.2) is 47.4 Å². The van der Waals surface area contributed by atoms with E-state index in [1.54, 1.807) is 24.4 Å². The van der Waals surface area contributed by atoms with Gasteiger partial charge in [-0.1, -0.05) is 38.1 Å². The zero-order valence-corrected chi connectivity index (χ0v) is 17.7. The predicted molar refractivity (Wildman–Crippen MR) is 117 cm³/mol. The molecule has 1 aromatic carbocycles. The Morgan fingerprint density at radius 2 is 1.86 bits per heavy atom. The molecular weight excluding hydrogens is 367 g/mol. The number of rotatable bonds is 3. The van der Waals surface area contributed by atoms with Crippen molar-refractivity contribution in [2.24, 2.45) is 0 Å². The molecule has 158 valence electrons. The lowest BCUT2D eigenvalue weighted by atomic mass is 9.98. The van der Waals surface area contributed by atoms with Crippen molar-refractivity contribution in [1.82, 2.24) is 9.88 Å². The van der Waals surface area contributed by atoms with Gasteiger partial charge in [0.2, 0.25) is 0 Å². The molecule has 0 aliphatic carbocycles. The third kappa shape index (κ3) is 9.08. The van der Waals surface area contributed by atoms with Gasteiger partial charge in [-0.25, -0.2) is 4.39 Å². The summed E-state index contributed by atoms with van der Waals surface area (Å²) in [5, 5.41) is 10.00. The first-order chi connectivity index (χ1) is 13.9. The number of pyridine rings is 1. The minimum absolute atomic E-state index is 0.0106. The first kappa shape index (κ1) is 24.6. The normalized spacial score (nSPS) is 18.9. The van der Waals surface area contributed by atoms with E-state index in [4.69, 9.17) is 6.42 Å². The zero-order chi connectivity index (χ0) is 21.7. The van der Waals surface area contributed by atoms with Crippen LogP contribution in [0.25, 0.3) is 0 Å². The van der Waals surface area contributed by atoms with E-state index in [1.807, 2.05) is 32.9 Å². The lowest BCUT2D eigenvalue weighted by molar-refractivity contribution is 0.0444. The molecule has 29 heavy (non-hydrogen) atoms. The molecule has 0 radical (unpaired) electrons. The summed E-state index contributed by atoms with van der Waals surface area (Å²) in [5.41, 5.74) is 0.834. The highest BCUT2D eigenvalue weighted by Crippen LogP contribution is 2.21. The van der Waals surface area contributed by atoms with E-state index in [0.29, 0.717) is 18.5 Å². The van der Waals surface area contributed by atoms with Crippen molar-refractivity contribution in [3.05, 3.63) is 69.9 Å². The Morgan fingerprint density at radius 3 is 2.52 bits per heavy atom. The Hall–Kier alpha value is -2.42. The van der Waals surface area contributed by atoms with Gasteiger partial charge in [0.05, 0.1) is 5.60 Å². The predicted octanol–water partition coefficient (Wildman–Crippen LogP) is 4.14. The summed E-state index contributed by atoms with van der Waals surface area (Å²) in [4.78, 5) is 16.5. The fraction of sp³-hybridized carbons (Fsp3) is 0.458. The Kier molecular flexibility index (Phi) is 11.0. The topological polar surface area (TPSA) is 56.3 Å². The van der Waals surface area contributed by atoms with Crippen LogP contribution in [0, 0.1) is 18.2 Å². The van der Waals surface area contributed by atoms with E-state index >= 15 is 0 Å². The molecule has 1 saturated heterocycles. The largest absolute Gasteiger partial charge is 0.390 e. The molecule has 1 aliphatic rings. The number of terminal acetylenes is 1. The SMILES string of the molecule is C#CCc1ccccc1F.CC.CC1(O)CCCN(Cc2ccc[nH]c2=O)CC1. The standard InChI is InChI=1S/C13H20N2O2.C9H7F.C2H6/c1-13(17)5-3-8-15(9-6-13)10-11-4-2-7-14-12(11)16;1-2-5-8-6-3-4-7-9(8)10;1-2/h2,4,7,17H,3,5-6,8-10H2,1H3,(H,14,16);1,3-4,6-7H,5H2;1-2H3. The molecule has 0 amide bonds. The summed E-state index contributed by atoms with van der Waals surface area (Å²) < 4.78 is 12.7. The van der Waals surface area contributed by atoms with Crippen molar-refractivity contribution >= 4 is 0 Å². The van der Waals surface area contributed by atoms with Crippen molar-refractivity contribution in [3.63, 3.8) is 0 Å². The molecular formula is C24H33FN2O2. The minimum atomic E-state index is -0.544. The molecule has 1 aliphatic heterocycles. The van der Waals surface area contributed by atoms with Crippen LogP contribution in [0.2, 0.25) is 0 Å². The number of aliphatic hydroxyl groups is 1. The Bertz CT molecular complexity index is 824. The van der Waals surface area contributed by atoms with Crippen LogP contribution < -0.4 is 5.56 Å². The van der Waals surface area contributed by atoms with Crippen molar-refractivity contribution in [1.29, 1.82) is 0 Å². The average molecular weight is 401 g/mol. The maximum absolute atomic E-state index is 12.7. The molecule has 1 aromatic heterocycles. The quantitative estimate of drug-likeness (QED) is 0.762. The van der Waals surface area contributed by atoms with Gasteiger partial charge < -0.3 is 10.1 Å². The maximum Gasteiger partial charge on any atom is 0.252 e. The van der Waals surface area contributed by atoms with Crippen molar-refractivity contribution in [2.75, 3.05) is 13.1 Å². The van der Waals surface area contributed by atoms with Gasteiger partial charge in [0.15, 0.2) is 0 Å². The van der Waals surface area contributed by atoms with E-state index in [0.717, 1.165) is 37.9 Å². The maximum atomic E-state index is 12.7. The fourth-order valence-electron chi connectivity index (χ4n) is 3.05. The minimum Gasteiger partial charge on any atom is -0.390 e. The van der Waals surface area contributed by atoms with E-state index in [1.165, 1.54) is 6.07 Å². The highest BCUT2D eigenvalue weighted by Gasteiger charge is 2.25. The third-order valence-electron chi connectivity index (χ3n) is 4.70. The molecule has 0 bridgehead atoms. The highest BCUT2D eigenvalue weighted by atomic mass is 19.1. The number of H-pyrrole nitrogens is 1. The summed E-state index contributed by atoms with van der Waals surface area (Å²) in [6, 6.07) is 10.2. The number of aromatic amines is 1. The average Bonchev–Trinajstić information content (AvgIpc) is 2.88. The van der Waals surface area contributed by atoms with Gasteiger partial charge in [-0.15, -0.1) is 12.3 Å². The van der Waals surface area contributed by atoms with Crippen molar-refractivity contribution < 1.29 is 9.50 Å². The summed E-state index contributed by atoms with van der Waals surface area (Å²) in [6.07, 6.45) is 9.63. The van der Waals surface area contributed by atoms with Gasteiger partial charge in [0.1, 0.15) is 5.82 Å². The summed E-state index contributed by atoms with van der Waals surface area (Å²) >= 11 is 0. The number of aromatic nitrogens is 1. The summed E-state index contributed by atoms with van der Waals surface area (Å²) in [5.74, 6) is 2.16. The number of nitrogens with one attached hydrogen (secondary N) is 1. The van der Waals surface area contributed by atoms with Crippen molar-refractivity contribution in [3.8, 4) is 12.3 Å². The fourth-order valence-corrected chi connectivity index (χ4v) is 3.05. The number of hydrogen-bond acceptors (Lipinski definition) is 3. The molecule has 1 atom stereocenters. The molecule has 2 heterocycles. The number of likely N-dealkylation sites (tertiary alicyclic amines) is 1. The monoisotopic (exact) mass is 400 g/mol. The third-order valence-corrected chi connectivity index (χ3v) is 4.70. The second-order valence-electron chi connectivity index (χ2n) is 7.12. The molecule has 1 unspecified atom stereocenters. The lowest BCUT2D eigenvalue weighted by Crippen LogP contribution is -2.30. The molecule has 0 spiro atoms. The molecule has 4 nitrogen and oxygen atoms in total. The van der Waals surface area contributed by atoms with E-state index in [-0.39, 0.29) is 11.4 Å². The van der Waals surface area contributed by atoms with Gasteiger partial charge >= 0.3 is 0 Å². The summed E-state index contributed by atoms with van der Waals surface area (Å²) in [7, 11) is 0. The highest BCUT2D eigenvalue weighted by molar-refractivity contribution is 5.21. The van der Waals surface area contributed by atoms with Gasteiger partial charge in [-0.05, 0) is 50.4 Å². The summed E-state index contributed by atoms with van der Waals surface area (Å²) in [6.45, 7) is 8.36. The number of hydrogen-bond donors (Lipinski definition) is 2. The number of nitrogens with zero attached hydrogens (tertiary/aromatic N) is 1. The van der Waals surface area contributed by atoms with Crippen LogP contribution in [0.5, 0.6) is 0 Å². The molecule has 2 N–H and O–H groups in total. The van der Waals surface area contributed by atoms with Crippen LogP contribution >= 0.6 is 0 Å². The van der Waals surface area contributed by atoms with Gasteiger partial charge in [0, 0.05) is 31.3 Å². The Labute approximate surface area is 173 Å². The molecule has 0 saturated carbocycles. The molecule has 2 aromatic rings.